The Morgan fingerprint density at radius 1 is 1.29 bits per heavy atom. The molecule has 0 atom stereocenters. The molecule has 0 fully saturated rings. The maximum atomic E-state index is 6.12. The van der Waals surface area contributed by atoms with Crippen LogP contribution in [0, 0.1) is 6.92 Å². The van der Waals surface area contributed by atoms with Crippen LogP contribution >= 0.6 is 11.6 Å². The van der Waals surface area contributed by atoms with Gasteiger partial charge in [-0.1, -0.05) is 11.6 Å². The number of hydrogen-bond donors (Lipinski definition) is 1. The standard InChI is InChI=1S/C13H16ClN3/c1-8-4-12(17(2)3)11-6-10(14)5-9(7-15)13(11)16-8/h4-6H,7,15H2,1-3H3. The fourth-order valence-electron chi connectivity index (χ4n) is 1.99. The van der Waals surface area contributed by atoms with E-state index in [1.807, 2.05) is 33.2 Å². The molecule has 2 aromatic rings. The van der Waals surface area contributed by atoms with Crippen LogP contribution in [0.2, 0.25) is 5.02 Å². The Morgan fingerprint density at radius 2 is 2.00 bits per heavy atom. The number of nitrogens with two attached hydrogens (primary N) is 1. The molecular formula is C13H16ClN3. The monoisotopic (exact) mass is 249 g/mol. The lowest BCUT2D eigenvalue weighted by Crippen LogP contribution is -2.10. The second-order valence-electron chi connectivity index (χ2n) is 4.34. The highest BCUT2D eigenvalue weighted by atomic mass is 35.5. The molecule has 0 saturated carbocycles. The average Bonchev–Trinajstić information content (AvgIpc) is 2.27. The normalized spacial score (nSPS) is 10.9. The Balaban J connectivity index is 2.88. The number of aryl methyl sites for hydroxylation is 1. The molecule has 2 rings (SSSR count). The number of hydrogen-bond acceptors (Lipinski definition) is 3. The van der Waals surface area contributed by atoms with Crippen molar-refractivity contribution in [3.05, 3.63) is 34.5 Å². The zero-order valence-electron chi connectivity index (χ0n) is 10.3. The van der Waals surface area contributed by atoms with Crippen LogP contribution < -0.4 is 10.6 Å². The zero-order valence-corrected chi connectivity index (χ0v) is 11.0. The largest absolute Gasteiger partial charge is 0.377 e. The van der Waals surface area contributed by atoms with E-state index < -0.39 is 0 Å². The van der Waals surface area contributed by atoms with Crippen LogP contribution in [-0.4, -0.2) is 19.1 Å². The van der Waals surface area contributed by atoms with E-state index in [1.54, 1.807) is 0 Å². The molecular weight excluding hydrogens is 234 g/mol. The number of anilines is 1. The molecule has 0 unspecified atom stereocenters. The summed E-state index contributed by atoms with van der Waals surface area (Å²) in [6, 6.07) is 5.88. The lowest BCUT2D eigenvalue weighted by atomic mass is 10.1. The minimum atomic E-state index is 0.445. The van der Waals surface area contributed by atoms with Crippen molar-refractivity contribution in [2.24, 2.45) is 5.73 Å². The number of benzene rings is 1. The van der Waals surface area contributed by atoms with E-state index >= 15 is 0 Å². The third-order valence-corrected chi connectivity index (χ3v) is 2.98. The molecule has 1 aromatic carbocycles. The van der Waals surface area contributed by atoms with Crippen LogP contribution in [0.1, 0.15) is 11.3 Å². The first-order chi connectivity index (χ1) is 8.02. The highest BCUT2D eigenvalue weighted by Crippen LogP contribution is 2.30. The molecule has 0 bridgehead atoms. The first-order valence-electron chi connectivity index (χ1n) is 5.50. The Kier molecular flexibility index (Phi) is 3.22. The van der Waals surface area contributed by atoms with Crippen molar-refractivity contribution >= 4 is 28.2 Å². The van der Waals surface area contributed by atoms with E-state index in [0.717, 1.165) is 27.8 Å². The maximum Gasteiger partial charge on any atom is 0.0771 e. The second-order valence-corrected chi connectivity index (χ2v) is 4.78. The SMILES string of the molecule is Cc1cc(N(C)C)c2cc(Cl)cc(CN)c2n1. The van der Waals surface area contributed by atoms with Gasteiger partial charge in [0.05, 0.1) is 5.52 Å². The number of halogens is 1. The summed E-state index contributed by atoms with van der Waals surface area (Å²) in [6.07, 6.45) is 0. The molecule has 3 nitrogen and oxygen atoms in total. The van der Waals surface area contributed by atoms with E-state index in [1.165, 1.54) is 0 Å². The third kappa shape index (κ3) is 2.21. The summed E-state index contributed by atoms with van der Waals surface area (Å²) >= 11 is 6.12. The predicted octanol–water partition coefficient (Wildman–Crippen LogP) is 2.72. The van der Waals surface area contributed by atoms with Gasteiger partial charge in [0.1, 0.15) is 0 Å². The molecule has 0 aliphatic rings. The Morgan fingerprint density at radius 3 is 2.59 bits per heavy atom. The number of fused-ring (bicyclic) bond motifs is 1. The molecule has 0 radical (unpaired) electrons. The van der Waals surface area contributed by atoms with Crippen LogP contribution in [0.4, 0.5) is 5.69 Å². The number of rotatable bonds is 2. The molecule has 0 amide bonds. The topological polar surface area (TPSA) is 42.1 Å². The van der Waals surface area contributed by atoms with Gasteiger partial charge in [-0.3, -0.25) is 4.98 Å². The van der Waals surface area contributed by atoms with Gasteiger partial charge in [-0.05, 0) is 30.7 Å². The summed E-state index contributed by atoms with van der Waals surface area (Å²) in [5.74, 6) is 0. The van der Waals surface area contributed by atoms with Crippen molar-refractivity contribution in [2.75, 3.05) is 19.0 Å². The van der Waals surface area contributed by atoms with Crippen molar-refractivity contribution in [3.63, 3.8) is 0 Å². The van der Waals surface area contributed by atoms with E-state index in [9.17, 15) is 0 Å². The second kappa shape index (κ2) is 4.51. The molecule has 90 valence electrons. The smallest absolute Gasteiger partial charge is 0.0771 e. The van der Waals surface area contributed by atoms with Gasteiger partial charge in [0.15, 0.2) is 0 Å². The molecule has 1 aromatic heterocycles. The lowest BCUT2D eigenvalue weighted by molar-refractivity contribution is 1.07. The van der Waals surface area contributed by atoms with E-state index in [-0.39, 0.29) is 0 Å². The van der Waals surface area contributed by atoms with Crippen molar-refractivity contribution in [1.29, 1.82) is 0 Å². The van der Waals surface area contributed by atoms with Gasteiger partial charge >= 0.3 is 0 Å². The lowest BCUT2D eigenvalue weighted by Gasteiger charge is -2.17. The summed E-state index contributed by atoms with van der Waals surface area (Å²) < 4.78 is 0. The van der Waals surface area contributed by atoms with Crippen molar-refractivity contribution in [3.8, 4) is 0 Å². The van der Waals surface area contributed by atoms with Crippen LogP contribution in [-0.2, 0) is 6.54 Å². The van der Waals surface area contributed by atoms with Gasteiger partial charge in [0.2, 0.25) is 0 Å². The van der Waals surface area contributed by atoms with Crippen LogP contribution in [0.5, 0.6) is 0 Å². The fraction of sp³-hybridized carbons (Fsp3) is 0.308. The number of aromatic nitrogens is 1. The first kappa shape index (κ1) is 12.1. The Labute approximate surface area is 106 Å². The maximum absolute atomic E-state index is 6.12. The average molecular weight is 250 g/mol. The van der Waals surface area contributed by atoms with Crippen LogP contribution in [0.3, 0.4) is 0 Å². The van der Waals surface area contributed by atoms with Gasteiger partial charge in [-0.15, -0.1) is 0 Å². The molecule has 2 N–H and O–H groups in total. The van der Waals surface area contributed by atoms with Gasteiger partial charge in [0.25, 0.3) is 0 Å². The quantitative estimate of drug-likeness (QED) is 0.890. The van der Waals surface area contributed by atoms with Gasteiger partial charge < -0.3 is 10.6 Å². The molecule has 4 heteroatoms. The van der Waals surface area contributed by atoms with Crippen molar-refractivity contribution in [1.82, 2.24) is 4.98 Å². The minimum Gasteiger partial charge on any atom is -0.377 e. The summed E-state index contributed by atoms with van der Waals surface area (Å²) in [5, 5.41) is 1.75. The van der Waals surface area contributed by atoms with Gasteiger partial charge in [0, 0.05) is 42.4 Å². The number of pyridine rings is 1. The van der Waals surface area contributed by atoms with Crippen LogP contribution in [0.25, 0.3) is 10.9 Å². The predicted molar refractivity (Wildman–Crippen MR) is 73.7 cm³/mol. The molecule has 0 spiro atoms. The van der Waals surface area contributed by atoms with E-state index in [4.69, 9.17) is 17.3 Å². The highest BCUT2D eigenvalue weighted by Gasteiger charge is 2.10. The zero-order chi connectivity index (χ0) is 12.6. The molecule has 1 heterocycles. The van der Waals surface area contributed by atoms with Crippen molar-refractivity contribution < 1.29 is 0 Å². The van der Waals surface area contributed by atoms with E-state index in [0.29, 0.717) is 11.6 Å². The molecule has 0 aliphatic heterocycles. The van der Waals surface area contributed by atoms with Gasteiger partial charge in [-0.25, -0.2) is 0 Å². The third-order valence-electron chi connectivity index (χ3n) is 2.77. The molecule has 0 saturated heterocycles. The van der Waals surface area contributed by atoms with Crippen LogP contribution in [0.15, 0.2) is 18.2 Å². The summed E-state index contributed by atoms with van der Waals surface area (Å²) in [6.45, 7) is 2.43. The highest BCUT2D eigenvalue weighted by molar-refractivity contribution is 6.31. The Bertz CT molecular complexity index is 564. The fourth-order valence-corrected chi connectivity index (χ4v) is 2.23. The summed E-state index contributed by atoms with van der Waals surface area (Å²) in [7, 11) is 4.02. The minimum absolute atomic E-state index is 0.445. The molecule has 17 heavy (non-hydrogen) atoms. The van der Waals surface area contributed by atoms with Crippen molar-refractivity contribution in [2.45, 2.75) is 13.5 Å². The molecule has 0 aliphatic carbocycles. The van der Waals surface area contributed by atoms with Gasteiger partial charge in [-0.2, -0.15) is 0 Å². The Hall–Kier alpha value is -1.32. The first-order valence-corrected chi connectivity index (χ1v) is 5.88. The number of nitrogens with zero attached hydrogens (tertiary/aromatic N) is 2. The van der Waals surface area contributed by atoms with E-state index in [2.05, 4.69) is 16.0 Å². The summed E-state index contributed by atoms with van der Waals surface area (Å²) in [5.41, 5.74) is 9.78. The summed E-state index contributed by atoms with van der Waals surface area (Å²) in [4.78, 5) is 6.63.